The van der Waals surface area contributed by atoms with Gasteiger partial charge in [-0.3, -0.25) is 4.79 Å². The number of rotatable bonds is 2. The fourth-order valence-corrected chi connectivity index (χ4v) is 2.94. The zero-order chi connectivity index (χ0) is 15.5. The van der Waals surface area contributed by atoms with Gasteiger partial charge in [0.25, 0.3) is 0 Å². The Morgan fingerprint density at radius 3 is 2.23 bits per heavy atom. The first kappa shape index (κ1) is 14.1. The molecule has 22 heavy (non-hydrogen) atoms. The van der Waals surface area contributed by atoms with Crippen LogP contribution in [0.25, 0.3) is 5.57 Å². The lowest BCUT2D eigenvalue weighted by atomic mass is 9.85. The standard InChI is InChI=1S/C19H16N2O/c1-13-17(15-10-6-3-7-11-15)18(21-19(13)22)16(12-20)14-8-4-2-5-9-14/h2-11,13,17H,1H3,(H,21,22)/b18-16+/t13-,17+/m0/s1. The Morgan fingerprint density at radius 1 is 1.05 bits per heavy atom. The number of hydrogen-bond acceptors (Lipinski definition) is 2. The van der Waals surface area contributed by atoms with E-state index in [1.165, 1.54) is 0 Å². The van der Waals surface area contributed by atoms with E-state index in [-0.39, 0.29) is 17.7 Å². The summed E-state index contributed by atoms with van der Waals surface area (Å²) in [6.07, 6.45) is 0. The molecule has 2 aromatic rings. The molecule has 0 aliphatic carbocycles. The van der Waals surface area contributed by atoms with Gasteiger partial charge in [0.05, 0.1) is 5.57 Å². The predicted molar refractivity (Wildman–Crippen MR) is 85.5 cm³/mol. The van der Waals surface area contributed by atoms with Crippen LogP contribution < -0.4 is 5.32 Å². The van der Waals surface area contributed by atoms with Crippen molar-refractivity contribution in [1.82, 2.24) is 5.32 Å². The van der Waals surface area contributed by atoms with Crippen molar-refractivity contribution >= 4 is 11.5 Å². The van der Waals surface area contributed by atoms with Gasteiger partial charge >= 0.3 is 0 Å². The lowest BCUT2D eigenvalue weighted by molar-refractivity contribution is -0.121. The second-order valence-corrected chi connectivity index (χ2v) is 5.43. The van der Waals surface area contributed by atoms with E-state index in [0.717, 1.165) is 11.1 Å². The van der Waals surface area contributed by atoms with Crippen molar-refractivity contribution in [3.63, 3.8) is 0 Å². The number of amides is 1. The van der Waals surface area contributed by atoms with Gasteiger partial charge in [-0.25, -0.2) is 0 Å². The highest BCUT2D eigenvalue weighted by molar-refractivity contribution is 5.92. The van der Waals surface area contributed by atoms with Gasteiger partial charge in [-0.2, -0.15) is 5.26 Å². The Balaban J connectivity index is 2.17. The SMILES string of the molecule is C[C@@H]1C(=O)N/C(=C(\C#N)c2ccccc2)[C@H]1c1ccccc1. The number of nitrogens with one attached hydrogen (secondary N) is 1. The highest BCUT2D eigenvalue weighted by Crippen LogP contribution is 2.39. The molecule has 1 aliphatic rings. The lowest BCUT2D eigenvalue weighted by Crippen LogP contribution is -2.17. The van der Waals surface area contributed by atoms with Gasteiger partial charge in [-0.05, 0) is 11.1 Å². The minimum atomic E-state index is -0.190. The van der Waals surface area contributed by atoms with Crippen LogP contribution in [0.5, 0.6) is 0 Å². The molecule has 0 bridgehead atoms. The summed E-state index contributed by atoms with van der Waals surface area (Å²) < 4.78 is 0. The molecule has 1 amide bonds. The van der Waals surface area contributed by atoms with Gasteiger partial charge in [0.1, 0.15) is 6.07 Å². The van der Waals surface area contributed by atoms with Gasteiger partial charge in [0, 0.05) is 17.5 Å². The molecule has 1 N–H and O–H groups in total. The molecule has 3 heteroatoms. The normalized spacial score (nSPS) is 22.8. The molecule has 1 aliphatic heterocycles. The maximum atomic E-state index is 12.2. The second-order valence-electron chi connectivity index (χ2n) is 5.43. The highest BCUT2D eigenvalue weighted by Gasteiger charge is 2.38. The molecule has 1 fully saturated rings. The van der Waals surface area contributed by atoms with E-state index in [9.17, 15) is 10.1 Å². The van der Waals surface area contributed by atoms with Crippen LogP contribution in [0.1, 0.15) is 24.0 Å². The molecule has 1 saturated heterocycles. The van der Waals surface area contributed by atoms with Crippen molar-refractivity contribution < 1.29 is 4.79 Å². The van der Waals surface area contributed by atoms with E-state index in [1.54, 1.807) is 0 Å². The summed E-state index contributed by atoms with van der Waals surface area (Å²) in [5.41, 5.74) is 3.12. The number of allylic oxidation sites excluding steroid dienone is 2. The van der Waals surface area contributed by atoms with Crippen LogP contribution in [0.2, 0.25) is 0 Å². The molecule has 3 rings (SSSR count). The topological polar surface area (TPSA) is 52.9 Å². The van der Waals surface area contributed by atoms with Crippen LogP contribution in [0, 0.1) is 17.2 Å². The van der Waals surface area contributed by atoms with E-state index in [2.05, 4.69) is 11.4 Å². The van der Waals surface area contributed by atoms with E-state index < -0.39 is 0 Å². The summed E-state index contributed by atoms with van der Waals surface area (Å²) in [6.45, 7) is 1.90. The number of hydrogen-bond donors (Lipinski definition) is 1. The minimum absolute atomic E-state index is 0.0347. The Bertz CT molecular complexity index is 757. The zero-order valence-corrected chi connectivity index (χ0v) is 12.3. The predicted octanol–water partition coefficient (Wildman–Crippen LogP) is 3.47. The summed E-state index contributed by atoms with van der Waals surface area (Å²) in [5.74, 6) is -0.333. The quantitative estimate of drug-likeness (QED) is 0.860. The Labute approximate surface area is 129 Å². The molecule has 0 radical (unpaired) electrons. The smallest absolute Gasteiger partial charge is 0.228 e. The van der Waals surface area contributed by atoms with Crippen molar-refractivity contribution in [3.8, 4) is 6.07 Å². The molecular formula is C19H16N2O. The Hall–Kier alpha value is -2.86. The maximum Gasteiger partial charge on any atom is 0.228 e. The highest BCUT2D eigenvalue weighted by atomic mass is 16.2. The summed E-state index contributed by atoms with van der Waals surface area (Å²) in [4.78, 5) is 12.2. The van der Waals surface area contributed by atoms with Gasteiger partial charge in [-0.1, -0.05) is 67.6 Å². The van der Waals surface area contributed by atoms with Crippen LogP contribution in [0.4, 0.5) is 0 Å². The van der Waals surface area contributed by atoms with Crippen LogP contribution in [0.3, 0.4) is 0 Å². The minimum Gasteiger partial charge on any atom is -0.328 e. The van der Waals surface area contributed by atoms with E-state index in [4.69, 9.17) is 0 Å². The average molecular weight is 288 g/mol. The van der Waals surface area contributed by atoms with Gasteiger partial charge in [0.15, 0.2) is 0 Å². The Kier molecular flexibility index (Phi) is 3.76. The number of benzene rings is 2. The molecule has 0 aromatic heterocycles. The first-order valence-electron chi connectivity index (χ1n) is 7.28. The molecule has 2 aromatic carbocycles. The lowest BCUT2D eigenvalue weighted by Gasteiger charge is -2.16. The summed E-state index contributed by atoms with van der Waals surface area (Å²) in [7, 11) is 0. The van der Waals surface area contributed by atoms with Crippen LogP contribution in [-0.4, -0.2) is 5.91 Å². The third-order valence-corrected chi connectivity index (χ3v) is 4.08. The molecule has 0 spiro atoms. The maximum absolute atomic E-state index is 12.2. The van der Waals surface area contributed by atoms with Crippen LogP contribution >= 0.6 is 0 Å². The monoisotopic (exact) mass is 288 g/mol. The molecule has 0 saturated carbocycles. The van der Waals surface area contributed by atoms with Crippen molar-refractivity contribution in [2.24, 2.45) is 5.92 Å². The summed E-state index contributed by atoms with van der Waals surface area (Å²) in [5, 5.41) is 12.5. The third kappa shape index (κ3) is 2.40. The molecule has 2 atom stereocenters. The van der Waals surface area contributed by atoms with E-state index in [0.29, 0.717) is 11.3 Å². The van der Waals surface area contributed by atoms with Crippen molar-refractivity contribution in [2.75, 3.05) is 0 Å². The number of nitrogens with zero attached hydrogens (tertiary/aromatic N) is 1. The average Bonchev–Trinajstić information content (AvgIpc) is 2.85. The number of carbonyl (C=O) groups excluding carboxylic acids is 1. The van der Waals surface area contributed by atoms with Crippen molar-refractivity contribution in [1.29, 1.82) is 5.26 Å². The molecule has 1 heterocycles. The van der Waals surface area contributed by atoms with Crippen LogP contribution in [-0.2, 0) is 4.79 Å². The second kappa shape index (κ2) is 5.87. The first-order valence-corrected chi connectivity index (χ1v) is 7.28. The number of nitriles is 1. The van der Waals surface area contributed by atoms with Gasteiger partial charge in [0.2, 0.25) is 5.91 Å². The molecular weight excluding hydrogens is 272 g/mol. The Morgan fingerprint density at radius 2 is 1.64 bits per heavy atom. The first-order chi connectivity index (χ1) is 10.7. The van der Waals surface area contributed by atoms with Gasteiger partial charge in [-0.15, -0.1) is 0 Å². The zero-order valence-electron chi connectivity index (χ0n) is 12.3. The van der Waals surface area contributed by atoms with Crippen molar-refractivity contribution in [2.45, 2.75) is 12.8 Å². The fourth-order valence-electron chi connectivity index (χ4n) is 2.94. The van der Waals surface area contributed by atoms with Crippen molar-refractivity contribution in [3.05, 3.63) is 77.5 Å². The number of carbonyl (C=O) groups is 1. The summed E-state index contributed by atoms with van der Waals surface area (Å²) >= 11 is 0. The third-order valence-electron chi connectivity index (χ3n) is 4.08. The fraction of sp³-hybridized carbons (Fsp3) is 0.158. The molecule has 108 valence electrons. The van der Waals surface area contributed by atoms with E-state index >= 15 is 0 Å². The van der Waals surface area contributed by atoms with Crippen LogP contribution in [0.15, 0.2) is 66.4 Å². The summed E-state index contributed by atoms with van der Waals surface area (Å²) in [6, 6.07) is 21.6. The van der Waals surface area contributed by atoms with Gasteiger partial charge < -0.3 is 5.32 Å². The molecule has 0 unspecified atom stereocenters. The van der Waals surface area contributed by atoms with E-state index in [1.807, 2.05) is 67.6 Å². The molecule has 3 nitrogen and oxygen atoms in total. The largest absolute Gasteiger partial charge is 0.328 e.